The predicted octanol–water partition coefficient (Wildman–Crippen LogP) is 0.0721. The molecule has 148 valence electrons. The number of benzene rings is 1. The lowest BCUT2D eigenvalue weighted by Crippen LogP contribution is -2.38. The fourth-order valence-electron chi connectivity index (χ4n) is 2.57. The molecule has 0 saturated carbocycles. The fraction of sp³-hybridized carbons (Fsp3) is 0.467. The number of nitrogens with one attached hydrogen (secondary N) is 1. The second-order valence-corrected chi connectivity index (χ2v) is 7.95. The summed E-state index contributed by atoms with van der Waals surface area (Å²) in [5, 5.41) is 13.6. The highest BCUT2D eigenvalue weighted by molar-refractivity contribution is 7.91. The monoisotopic (exact) mass is 402 g/mol. The number of rotatable bonds is 7. The van der Waals surface area contributed by atoms with Gasteiger partial charge in [0.2, 0.25) is 0 Å². The molecule has 1 amide bonds. The SMILES string of the molecule is COc1cc(C(=O)OCC(=O)N[C@@H]2CCS(=O)(=O)C2)c([N+](=O)[O-])cc1OC. The maximum absolute atomic E-state index is 12.2. The van der Waals surface area contributed by atoms with Gasteiger partial charge in [-0.2, -0.15) is 0 Å². The number of sulfone groups is 1. The van der Waals surface area contributed by atoms with Gasteiger partial charge in [-0.25, -0.2) is 13.2 Å². The number of nitro groups is 1. The number of hydrogen-bond donors (Lipinski definition) is 1. The van der Waals surface area contributed by atoms with Crippen molar-refractivity contribution in [2.45, 2.75) is 12.5 Å². The van der Waals surface area contributed by atoms with E-state index in [2.05, 4.69) is 5.32 Å². The summed E-state index contributed by atoms with van der Waals surface area (Å²) in [7, 11) is -0.590. The molecular weight excluding hydrogens is 384 g/mol. The van der Waals surface area contributed by atoms with Crippen LogP contribution in [0.1, 0.15) is 16.8 Å². The molecule has 11 nitrogen and oxygen atoms in total. The maximum Gasteiger partial charge on any atom is 0.345 e. The summed E-state index contributed by atoms with van der Waals surface area (Å²) in [6.07, 6.45) is 0.281. The summed E-state index contributed by atoms with van der Waals surface area (Å²) >= 11 is 0. The van der Waals surface area contributed by atoms with Crippen molar-refractivity contribution in [2.24, 2.45) is 0 Å². The van der Waals surface area contributed by atoms with Gasteiger partial charge >= 0.3 is 5.97 Å². The largest absolute Gasteiger partial charge is 0.493 e. The normalized spacial score (nSPS) is 17.8. The third-order valence-corrected chi connectivity index (χ3v) is 5.62. The quantitative estimate of drug-likeness (QED) is 0.379. The first-order valence-corrected chi connectivity index (χ1v) is 9.56. The van der Waals surface area contributed by atoms with Crippen LogP contribution < -0.4 is 14.8 Å². The summed E-state index contributed by atoms with van der Waals surface area (Å²) in [4.78, 5) is 34.4. The minimum atomic E-state index is -3.17. The van der Waals surface area contributed by atoms with Crippen molar-refractivity contribution >= 4 is 27.4 Å². The van der Waals surface area contributed by atoms with Crippen LogP contribution in [0, 0.1) is 10.1 Å². The maximum atomic E-state index is 12.2. The number of carbonyl (C=O) groups excluding carboxylic acids is 2. The van der Waals surface area contributed by atoms with Crippen molar-refractivity contribution in [2.75, 3.05) is 32.3 Å². The van der Waals surface area contributed by atoms with Crippen molar-refractivity contribution in [3.63, 3.8) is 0 Å². The summed E-state index contributed by atoms with van der Waals surface area (Å²) in [5.41, 5.74) is -0.978. The zero-order valence-corrected chi connectivity index (χ0v) is 15.4. The third kappa shape index (κ3) is 5.06. The number of nitro benzene ring substituents is 1. The predicted molar refractivity (Wildman–Crippen MR) is 91.7 cm³/mol. The van der Waals surface area contributed by atoms with E-state index in [-0.39, 0.29) is 29.4 Å². The van der Waals surface area contributed by atoms with Gasteiger partial charge in [0.25, 0.3) is 11.6 Å². The molecule has 0 bridgehead atoms. The Hall–Kier alpha value is -2.89. The lowest BCUT2D eigenvalue weighted by molar-refractivity contribution is -0.385. The second kappa shape index (κ2) is 8.20. The van der Waals surface area contributed by atoms with Crippen LogP contribution in [-0.4, -0.2) is 63.6 Å². The van der Waals surface area contributed by atoms with Crippen molar-refractivity contribution in [1.29, 1.82) is 0 Å². The number of hydrogen-bond acceptors (Lipinski definition) is 9. The van der Waals surface area contributed by atoms with E-state index in [1.54, 1.807) is 0 Å². The van der Waals surface area contributed by atoms with Gasteiger partial charge in [0.15, 0.2) is 27.9 Å². The molecule has 1 aromatic carbocycles. The van der Waals surface area contributed by atoms with E-state index >= 15 is 0 Å². The van der Waals surface area contributed by atoms with Crippen LogP contribution in [0.2, 0.25) is 0 Å². The minimum absolute atomic E-state index is 0.0183. The van der Waals surface area contributed by atoms with Crippen molar-refractivity contribution in [3.8, 4) is 11.5 Å². The van der Waals surface area contributed by atoms with Crippen LogP contribution in [0.5, 0.6) is 11.5 Å². The van der Waals surface area contributed by atoms with Crippen LogP contribution in [0.15, 0.2) is 12.1 Å². The number of esters is 1. The molecule has 27 heavy (non-hydrogen) atoms. The molecule has 1 fully saturated rings. The summed E-state index contributed by atoms with van der Waals surface area (Å²) in [6.45, 7) is -0.707. The molecule has 12 heteroatoms. The lowest BCUT2D eigenvalue weighted by Gasteiger charge is -2.12. The highest BCUT2D eigenvalue weighted by Crippen LogP contribution is 2.34. The molecule has 0 unspecified atom stereocenters. The molecule has 1 atom stereocenters. The van der Waals surface area contributed by atoms with Crippen LogP contribution in [0.25, 0.3) is 0 Å². The van der Waals surface area contributed by atoms with Gasteiger partial charge in [-0.15, -0.1) is 0 Å². The summed E-state index contributed by atoms with van der Waals surface area (Å²) in [5.74, 6) is -1.86. The molecule has 1 heterocycles. The van der Waals surface area contributed by atoms with E-state index in [9.17, 15) is 28.1 Å². The lowest BCUT2D eigenvalue weighted by atomic mass is 10.1. The van der Waals surface area contributed by atoms with Crippen LogP contribution in [0.3, 0.4) is 0 Å². The van der Waals surface area contributed by atoms with E-state index < -0.39 is 50.5 Å². The first-order valence-electron chi connectivity index (χ1n) is 7.74. The molecule has 1 saturated heterocycles. The Kier molecular flexibility index (Phi) is 6.20. The zero-order valence-electron chi connectivity index (χ0n) is 14.6. The van der Waals surface area contributed by atoms with Crippen LogP contribution >= 0.6 is 0 Å². The molecule has 1 aliphatic heterocycles. The van der Waals surface area contributed by atoms with E-state index in [0.717, 1.165) is 12.1 Å². The highest BCUT2D eigenvalue weighted by Gasteiger charge is 2.30. The number of amides is 1. The number of carbonyl (C=O) groups is 2. The van der Waals surface area contributed by atoms with Crippen molar-refractivity contribution in [1.82, 2.24) is 5.32 Å². The molecule has 0 spiro atoms. The van der Waals surface area contributed by atoms with Gasteiger partial charge in [-0.05, 0) is 6.42 Å². The van der Waals surface area contributed by atoms with Gasteiger partial charge in [-0.3, -0.25) is 14.9 Å². The van der Waals surface area contributed by atoms with Gasteiger partial charge in [0.05, 0.1) is 36.7 Å². The second-order valence-electron chi connectivity index (χ2n) is 5.73. The molecule has 2 rings (SSSR count). The molecule has 1 aromatic rings. The first kappa shape index (κ1) is 20.4. The third-order valence-electron chi connectivity index (χ3n) is 3.85. The summed E-state index contributed by atoms with van der Waals surface area (Å²) in [6, 6.07) is 1.55. The van der Waals surface area contributed by atoms with Gasteiger partial charge in [0.1, 0.15) is 5.56 Å². The van der Waals surface area contributed by atoms with E-state index in [1.807, 2.05) is 0 Å². The average molecular weight is 402 g/mol. The van der Waals surface area contributed by atoms with Gasteiger partial charge in [-0.1, -0.05) is 0 Å². The van der Waals surface area contributed by atoms with E-state index in [0.29, 0.717) is 0 Å². The Labute approximate surface area is 154 Å². The average Bonchev–Trinajstić information content (AvgIpc) is 2.96. The molecular formula is C15H18N2O9S. The smallest absolute Gasteiger partial charge is 0.345 e. The number of nitrogens with zero attached hydrogens (tertiary/aromatic N) is 1. The Balaban J connectivity index is 2.06. The molecule has 0 radical (unpaired) electrons. The Morgan fingerprint density at radius 2 is 1.89 bits per heavy atom. The molecule has 0 aliphatic carbocycles. The molecule has 1 N–H and O–H groups in total. The minimum Gasteiger partial charge on any atom is -0.493 e. The van der Waals surface area contributed by atoms with Crippen LogP contribution in [-0.2, 0) is 19.4 Å². The Morgan fingerprint density at radius 1 is 1.26 bits per heavy atom. The fourth-order valence-corrected chi connectivity index (χ4v) is 4.24. The standard InChI is InChI=1S/C15H18N2O9S/c1-24-12-5-10(11(17(20)21)6-13(12)25-2)15(19)26-7-14(18)16-9-3-4-27(22,23)8-9/h5-6,9H,3-4,7-8H2,1-2H3,(H,16,18)/t9-/m1/s1. The number of ether oxygens (including phenoxy) is 3. The summed E-state index contributed by atoms with van der Waals surface area (Å²) < 4.78 is 37.5. The van der Waals surface area contributed by atoms with Gasteiger partial charge < -0.3 is 19.5 Å². The van der Waals surface area contributed by atoms with Crippen molar-refractivity contribution < 1.29 is 37.1 Å². The van der Waals surface area contributed by atoms with E-state index in [4.69, 9.17) is 14.2 Å². The van der Waals surface area contributed by atoms with Crippen molar-refractivity contribution in [3.05, 3.63) is 27.8 Å². The Bertz CT molecular complexity index is 866. The Morgan fingerprint density at radius 3 is 2.41 bits per heavy atom. The van der Waals surface area contributed by atoms with Crippen LogP contribution in [0.4, 0.5) is 5.69 Å². The highest BCUT2D eigenvalue weighted by atomic mass is 32.2. The zero-order chi connectivity index (χ0) is 20.2. The topological polar surface area (TPSA) is 151 Å². The molecule has 0 aromatic heterocycles. The first-order chi connectivity index (χ1) is 12.7. The number of methoxy groups -OCH3 is 2. The van der Waals surface area contributed by atoms with Gasteiger partial charge in [0, 0.05) is 12.1 Å². The molecule has 1 aliphatic rings. The van der Waals surface area contributed by atoms with E-state index in [1.165, 1.54) is 14.2 Å².